The molecule has 1 heterocycles. The van der Waals surface area contributed by atoms with Gasteiger partial charge < -0.3 is 10.3 Å². The molecule has 2 aromatic carbocycles. The number of hydrogen-bond donors (Lipinski definition) is 2. The lowest BCUT2D eigenvalue weighted by molar-refractivity contribution is -0.120. The zero-order valence-electron chi connectivity index (χ0n) is 14.0. The van der Waals surface area contributed by atoms with Gasteiger partial charge in [0.15, 0.2) is 5.16 Å². The van der Waals surface area contributed by atoms with Gasteiger partial charge in [0.05, 0.1) is 11.9 Å². The highest BCUT2D eigenvalue weighted by Crippen LogP contribution is 2.35. The van der Waals surface area contributed by atoms with Gasteiger partial charge in [-0.3, -0.25) is 4.79 Å². The van der Waals surface area contributed by atoms with Crippen molar-refractivity contribution in [3.8, 4) is 11.3 Å². The average Bonchev–Trinajstić information content (AvgIpc) is 3.35. The zero-order chi connectivity index (χ0) is 17.9. The first-order valence-corrected chi connectivity index (χ1v) is 10.2. The Morgan fingerprint density at radius 2 is 1.88 bits per heavy atom. The number of H-pyrrole nitrogens is 1. The smallest absolute Gasteiger partial charge is 0.238 e. The van der Waals surface area contributed by atoms with Gasteiger partial charge in [0.25, 0.3) is 0 Å². The Kier molecular flexibility index (Phi) is 5.13. The standard InChI is InChI=1S/C20H18BrN3OS/c21-15-8-6-13(7-9-15)17-12-22-20(24-17)26-18(14-4-2-1-3-5-14)19(25)23-16-10-11-16/h1-9,12,16,18H,10-11H2,(H,22,24)(H,23,25)/t18-/m0/s1. The molecule has 1 aliphatic carbocycles. The van der Waals surface area contributed by atoms with E-state index in [2.05, 4.69) is 31.2 Å². The number of thioether (sulfide) groups is 1. The highest BCUT2D eigenvalue weighted by molar-refractivity contribution is 9.10. The molecular weight excluding hydrogens is 410 g/mol. The maximum atomic E-state index is 12.7. The van der Waals surface area contributed by atoms with E-state index in [1.807, 2.05) is 60.8 Å². The van der Waals surface area contributed by atoms with Gasteiger partial charge in [0.2, 0.25) is 5.91 Å². The normalized spacial score (nSPS) is 14.8. The molecule has 4 nitrogen and oxygen atoms in total. The molecule has 1 amide bonds. The minimum Gasteiger partial charge on any atom is -0.352 e. The Morgan fingerprint density at radius 3 is 2.58 bits per heavy atom. The summed E-state index contributed by atoms with van der Waals surface area (Å²) in [6.07, 6.45) is 3.96. The first-order chi connectivity index (χ1) is 12.7. The third-order valence-corrected chi connectivity index (χ3v) is 5.88. The van der Waals surface area contributed by atoms with E-state index in [0.717, 1.165) is 39.3 Å². The fourth-order valence-electron chi connectivity index (χ4n) is 2.66. The van der Waals surface area contributed by atoms with E-state index < -0.39 is 0 Å². The van der Waals surface area contributed by atoms with Gasteiger partial charge in [-0.05, 0) is 36.1 Å². The number of amides is 1. The second-order valence-corrected chi connectivity index (χ2v) is 8.31. The van der Waals surface area contributed by atoms with Crippen LogP contribution >= 0.6 is 27.7 Å². The summed E-state index contributed by atoms with van der Waals surface area (Å²) in [6, 6.07) is 18.3. The van der Waals surface area contributed by atoms with Crippen LogP contribution in [0.4, 0.5) is 0 Å². The maximum absolute atomic E-state index is 12.7. The summed E-state index contributed by atoms with van der Waals surface area (Å²) in [5.41, 5.74) is 2.98. The maximum Gasteiger partial charge on any atom is 0.238 e. The van der Waals surface area contributed by atoms with E-state index in [-0.39, 0.29) is 11.2 Å². The van der Waals surface area contributed by atoms with Crippen LogP contribution < -0.4 is 5.32 Å². The van der Waals surface area contributed by atoms with Crippen LogP contribution in [0.25, 0.3) is 11.3 Å². The van der Waals surface area contributed by atoms with Crippen molar-refractivity contribution < 1.29 is 4.79 Å². The molecule has 0 unspecified atom stereocenters. The molecule has 0 bridgehead atoms. The molecule has 6 heteroatoms. The number of nitrogens with zero attached hydrogens (tertiary/aromatic N) is 1. The fourth-order valence-corrected chi connectivity index (χ4v) is 3.89. The lowest BCUT2D eigenvalue weighted by Gasteiger charge is -2.15. The molecule has 3 aromatic rings. The second-order valence-electron chi connectivity index (χ2n) is 6.30. The van der Waals surface area contributed by atoms with E-state index in [4.69, 9.17) is 0 Å². The van der Waals surface area contributed by atoms with Crippen LogP contribution in [0.2, 0.25) is 0 Å². The van der Waals surface area contributed by atoms with Crippen LogP contribution in [0.5, 0.6) is 0 Å². The van der Waals surface area contributed by atoms with Crippen molar-refractivity contribution in [1.82, 2.24) is 15.3 Å². The van der Waals surface area contributed by atoms with E-state index >= 15 is 0 Å². The highest BCUT2D eigenvalue weighted by Gasteiger charge is 2.29. The Balaban J connectivity index is 1.55. The van der Waals surface area contributed by atoms with Crippen molar-refractivity contribution in [3.05, 3.63) is 70.8 Å². The van der Waals surface area contributed by atoms with Gasteiger partial charge in [-0.25, -0.2) is 4.98 Å². The first kappa shape index (κ1) is 17.4. The Morgan fingerprint density at radius 1 is 1.15 bits per heavy atom. The Labute approximate surface area is 164 Å². The molecule has 1 aromatic heterocycles. The van der Waals surface area contributed by atoms with Gasteiger partial charge in [0, 0.05) is 10.5 Å². The molecular formula is C20H18BrN3OS. The average molecular weight is 428 g/mol. The quantitative estimate of drug-likeness (QED) is 0.547. The van der Waals surface area contributed by atoms with Gasteiger partial charge in [-0.1, -0.05) is 70.2 Å². The zero-order valence-corrected chi connectivity index (χ0v) is 16.4. The third kappa shape index (κ3) is 4.19. The van der Waals surface area contributed by atoms with E-state index in [0.29, 0.717) is 6.04 Å². The third-order valence-electron chi connectivity index (χ3n) is 4.20. The van der Waals surface area contributed by atoms with Gasteiger partial charge >= 0.3 is 0 Å². The molecule has 1 aliphatic rings. The number of hydrogen-bond acceptors (Lipinski definition) is 3. The number of aromatic amines is 1. The molecule has 0 radical (unpaired) electrons. The number of benzene rings is 2. The summed E-state index contributed by atoms with van der Waals surface area (Å²) in [5, 5.41) is 3.53. The monoisotopic (exact) mass is 427 g/mol. The van der Waals surface area contributed by atoms with Crippen molar-refractivity contribution in [2.45, 2.75) is 29.3 Å². The number of aromatic nitrogens is 2. The van der Waals surface area contributed by atoms with E-state index in [1.165, 1.54) is 11.8 Å². The molecule has 26 heavy (non-hydrogen) atoms. The van der Waals surface area contributed by atoms with Crippen LogP contribution in [0, 0.1) is 0 Å². The lowest BCUT2D eigenvalue weighted by Crippen LogP contribution is -2.29. The van der Waals surface area contributed by atoms with Crippen molar-refractivity contribution >= 4 is 33.6 Å². The van der Waals surface area contributed by atoms with Crippen LogP contribution in [0.15, 0.2) is 70.4 Å². The van der Waals surface area contributed by atoms with Crippen LogP contribution in [0.3, 0.4) is 0 Å². The predicted molar refractivity (Wildman–Crippen MR) is 108 cm³/mol. The van der Waals surface area contributed by atoms with Gasteiger partial charge in [0.1, 0.15) is 5.25 Å². The SMILES string of the molecule is O=C(NC1CC1)[C@@H](Sc1ncc(-c2ccc(Br)cc2)[nH]1)c1ccccc1. The van der Waals surface area contributed by atoms with Crippen LogP contribution in [-0.2, 0) is 4.79 Å². The second kappa shape index (κ2) is 7.68. The molecule has 0 spiro atoms. The molecule has 132 valence electrons. The number of imidazole rings is 1. The van der Waals surface area contributed by atoms with Gasteiger partial charge in [-0.15, -0.1) is 0 Å². The molecule has 0 aliphatic heterocycles. The molecule has 0 saturated heterocycles. The van der Waals surface area contributed by atoms with Crippen LogP contribution in [0.1, 0.15) is 23.7 Å². The minimum atomic E-state index is -0.319. The van der Waals surface area contributed by atoms with Crippen molar-refractivity contribution in [1.29, 1.82) is 0 Å². The molecule has 1 saturated carbocycles. The predicted octanol–water partition coefficient (Wildman–Crippen LogP) is 4.95. The highest BCUT2D eigenvalue weighted by atomic mass is 79.9. The van der Waals surface area contributed by atoms with Crippen molar-refractivity contribution in [3.63, 3.8) is 0 Å². The topological polar surface area (TPSA) is 57.8 Å². The lowest BCUT2D eigenvalue weighted by atomic mass is 10.1. The summed E-state index contributed by atoms with van der Waals surface area (Å²) in [5.74, 6) is 0.0466. The summed E-state index contributed by atoms with van der Waals surface area (Å²) in [4.78, 5) is 20.5. The van der Waals surface area contributed by atoms with Crippen molar-refractivity contribution in [2.24, 2.45) is 0 Å². The first-order valence-electron chi connectivity index (χ1n) is 8.52. The summed E-state index contributed by atoms with van der Waals surface area (Å²) >= 11 is 4.90. The fraction of sp³-hybridized carbons (Fsp3) is 0.200. The molecule has 1 atom stereocenters. The van der Waals surface area contributed by atoms with Crippen LogP contribution in [-0.4, -0.2) is 21.9 Å². The number of carbonyl (C=O) groups is 1. The summed E-state index contributed by atoms with van der Waals surface area (Å²) in [6.45, 7) is 0. The number of rotatable bonds is 6. The van der Waals surface area contributed by atoms with E-state index in [1.54, 1.807) is 0 Å². The summed E-state index contributed by atoms with van der Waals surface area (Å²) < 4.78 is 1.04. The Hall–Kier alpha value is -2.05. The van der Waals surface area contributed by atoms with Gasteiger partial charge in [-0.2, -0.15) is 0 Å². The number of halogens is 1. The number of carbonyl (C=O) groups excluding carboxylic acids is 1. The minimum absolute atomic E-state index is 0.0466. The van der Waals surface area contributed by atoms with E-state index in [9.17, 15) is 4.79 Å². The molecule has 2 N–H and O–H groups in total. The number of nitrogens with one attached hydrogen (secondary N) is 2. The summed E-state index contributed by atoms with van der Waals surface area (Å²) in [7, 11) is 0. The van der Waals surface area contributed by atoms with Crippen molar-refractivity contribution in [2.75, 3.05) is 0 Å². The Bertz CT molecular complexity index is 891. The largest absolute Gasteiger partial charge is 0.352 e. The molecule has 1 fully saturated rings. The molecule has 4 rings (SSSR count).